The van der Waals surface area contributed by atoms with E-state index in [1.54, 1.807) is 0 Å². The highest BCUT2D eigenvalue weighted by Gasteiger charge is 2.30. The number of nitrogens with zero attached hydrogens (tertiary/aromatic N) is 1. The Balaban J connectivity index is 2.08. The van der Waals surface area contributed by atoms with Gasteiger partial charge in [-0.1, -0.05) is 17.3 Å². The summed E-state index contributed by atoms with van der Waals surface area (Å²) in [7, 11) is 1.39. The number of benzene rings is 1. The van der Waals surface area contributed by atoms with E-state index in [0.717, 1.165) is 28.3 Å². The van der Waals surface area contributed by atoms with Crippen LogP contribution in [0.2, 0.25) is 0 Å². The standard InChI is InChI=1S/C17H21NO4/c1-11-15(12(2)22-18-11)10-21-14-8-6-13(7-9-14)17(3,4)16(19)20-5/h6-9H,10H2,1-5H3. The van der Waals surface area contributed by atoms with Crippen molar-refractivity contribution < 1.29 is 18.8 Å². The number of aromatic nitrogens is 1. The zero-order chi connectivity index (χ0) is 16.3. The minimum atomic E-state index is -0.686. The Bertz CT molecular complexity index is 636. The summed E-state index contributed by atoms with van der Waals surface area (Å²) in [6.07, 6.45) is 0. The fraction of sp³-hybridized carbons (Fsp3) is 0.412. The quantitative estimate of drug-likeness (QED) is 0.793. The molecule has 0 amide bonds. The van der Waals surface area contributed by atoms with Gasteiger partial charge in [-0.15, -0.1) is 0 Å². The molecule has 0 atom stereocenters. The Morgan fingerprint density at radius 3 is 2.36 bits per heavy atom. The van der Waals surface area contributed by atoms with E-state index in [1.807, 2.05) is 52.0 Å². The lowest BCUT2D eigenvalue weighted by molar-refractivity contribution is -0.146. The predicted molar refractivity (Wildman–Crippen MR) is 81.8 cm³/mol. The number of esters is 1. The molecule has 5 heteroatoms. The minimum absolute atomic E-state index is 0.267. The number of methoxy groups -OCH3 is 1. The van der Waals surface area contributed by atoms with Gasteiger partial charge >= 0.3 is 5.97 Å². The highest BCUT2D eigenvalue weighted by molar-refractivity contribution is 5.82. The lowest BCUT2D eigenvalue weighted by atomic mass is 9.85. The number of hydrogen-bond acceptors (Lipinski definition) is 5. The number of aryl methyl sites for hydroxylation is 2. The van der Waals surface area contributed by atoms with Gasteiger partial charge in [-0.3, -0.25) is 4.79 Å². The summed E-state index contributed by atoms with van der Waals surface area (Å²) >= 11 is 0. The summed E-state index contributed by atoms with van der Waals surface area (Å²) in [4.78, 5) is 11.8. The van der Waals surface area contributed by atoms with Gasteiger partial charge in [0.15, 0.2) is 0 Å². The van der Waals surface area contributed by atoms with Gasteiger partial charge in [0.1, 0.15) is 18.1 Å². The number of hydrogen-bond donors (Lipinski definition) is 0. The van der Waals surface area contributed by atoms with Gasteiger partial charge in [-0.2, -0.15) is 0 Å². The van der Waals surface area contributed by atoms with E-state index >= 15 is 0 Å². The topological polar surface area (TPSA) is 61.6 Å². The van der Waals surface area contributed by atoms with E-state index in [9.17, 15) is 4.79 Å². The largest absolute Gasteiger partial charge is 0.489 e. The van der Waals surface area contributed by atoms with Crippen molar-refractivity contribution in [2.24, 2.45) is 0 Å². The molecule has 0 bridgehead atoms. The van der Waals surface area contributed by atoms with Crippen LogP contribution in [0.4, 0.5) is 0 Å². The Kier molecular flexibility index (Phi) is 4.54. The first-order valence-electron chi connectivity index (χ1n) is 7.09. The molecule has 118 valence electrons. The van der Waals surface area contributed by atoms with E-state index in [0.29, 0.717) is 6.61 Å². The number of carbonyl (C=O) groups excluding carboxylic acids is 1. The first kappa shape index (κ1) is 16.1. The molecule has 0 saturated carbocycles. The molecule has 5 nitrogen and oxygen atoms in total. The van der Waals surface area contributed by atoms with E-state index in [4.69, 9.17) is 14.0 Å². The fourth-order valence-electron chi connectivity index (χ4n) is 2.20. The Morgan fingerprint density at radius 2 is 1.86 bits per heavy atom. The molecule has 0 aliphatic carbocycles. The molecule has 2 rings (SSSR count). The molecule has 0 aliphatic rings. The van der Waals surface area contributed by atoms with E-state index < -0.39 is 5.41 Å². The summed E-state index contributed by atoms with van der Waals surface area (Å²) in [5.74, 6) is 1.22. The third-order valence-electron chi connectivity index (χ3n) is 3.84. The Morgan fingerprint density at radius 1 is 1.23 bits per heavy atom. The van der Waals surface area contributed by atoms with Gasteiger partial charge in [0.05, 0.1) is 23.8 Å². The highest BCUT2D eigenvalue weighted by Crippen LogP contribution is 2.27. The van der Waals surface area contributed by atoms with Gasteiger partial charge in [0.2, 0.25) is 0 Å². The number of carbonyl (C=O) groups is 1. The average Bonchev–Trinajstić information content (AvgIpc) is 2.83. The monoisotopic (exact) mass is 303 g/mol. The highest BCUT2D eigenvalue weighted by atomic mass is 16.5. The molecule has 1 heterocycles. The van der Waals surface area contributed by atoms with E-state index in [-0.39, 0.29) is 5.97 Å². The van der Waals surface area contributed by atoms with Gasteiger partial charge in [-0.05, 0) is 45.4 Å². The van der Waals surface area contributed by atoms with Gasteiger partial charge < -0.3 is 14.0 Å². The maximum Gasteiger partial charge on any atom is 0.315 e. The van der Waals surface area contributed by atoms with Crippen molar-refractivity contribution in [2.75, 3.05) is 7.11 Å². The normalized spacial score (nSPS) is 11.3. The van der Waals surface area contributed by atoms with Crippen LogP contribution in [0, 0.1) is 13.8 Å². The minimum Gasteiger partial charge on any atom is -0.489 e. The second kappa shape index (κ2) is 6.22. The molecule has 0 N–H and O–H groups in total. The molecule has 0 radical (unpaired) electrons. The van der Waals surface area contributed by atoms with Crippen LogP contribution in [-0.4, -0.2) is 18.2 Å². The van der Waals surface area contributed by atoms with E-state index in [2.05, 4.69) is 5.16 Å². The van der Waals surface area contributed by atoms with Gasteiger partial charge in [0, 0.05) is 0 Å². The van der Waals surface area contributed by atoms with Crippen LogP contribution in [0.5, 0.6) is 5.75 Å². The summed E-state index contributed by atoms with van der Waals surface area (Å²) < 4.78 is 15.7. The maximum absolute atomic E-state index is 11.8. The fourth-order valence-corrected chi connectivity index (χ4v) is 2.20. The Hall–Kier alpha value is -2.30. The van der Waals surface area contributed by atoms with Crippen LogP contribution >= 0.6 is 0 Å². The summed E-state index contributed by atoms with van der Waals surface area (Å²) in [6.45, 7) is 7.82. The molecule has 0 spiro atoms. The number of ether oxygens (including phenoxy) is 2. The molecule has 1 aromatic heterocycles. The lowest BCUT2D eigenvalue weighted by Crippen LogP contribution is -2.30. The zero-order valence-corrected chi connectivity index (χ0v) is 13.6. The summed E-state index contributed by atoms with van der Waals surface area (Å²) in [5.41, 5.74) is 1.98. The molecule has 2 aromatic rings. The van der Waals surface area contributed by atoms with Crippen LogP contribution in [0.1, 0.15) is 36.4 Å². The predicted octanol–water partition coefficient (Wildman–Crippen LogP) is 3.32. The summed E-state index contributed by atoms with van der Waals surface area (Å²) in [5, 5.41) is 3.90. The molecular weight excluding hydrogens is 282 g/mol. The SMILES string of the molecule is COC(=O)C(C)(C)c1ccc(OCc2c(C)noc2C)cc1. The van der Waals surface area contributed by atoms with Crippen molar-refractivity contribution in [3.63, 3.8) is 0 Å². The molecule has 0 saturated heterocycles. The number of rotatable bonds is 5. The van der Waals surface area contributed by atoms with Crippen LogP contribution < -0.4 is 4.74 Å². The average molecular weight is 303 g/mol. The van der Waals surface area contributed by atoms with Gasteiger partial charge in [-0.25, -0.2) is 0 Å². The molecule has 1 aromatic carbocycles. The van der Waals surface area contributed by atoms with Crippen molar-refractivity contribution in [1.82, 2.24) is 5.16 Å². The molecular formula is C17H21NO4. The first-order chi connectivity index (χ1) is 10.4. The first-order valence-corrected chi connectivity index (χ1v) is 7.09. The van der Waals surface area contributed by atoms with Crippen molar-refractivity contribution in [2.45, 2.75) is 39.7 Å². The van der Waals surface area contributed by atoms with Crippen molar-refractivity contribution in [3.8, 4) is 5.75 Å². The summed E-state index contributed by atoms with van der Waals surface area (Å²) in [6, 6.07) is 7.44. The van der Waals surface area contributed by atoms with E-state index in [1.165, 1.54) is 7.11 Å². The van der Waals surface area contributed by atoms with Crippen LogP contribution in [0.3, 0.4) is 0 Å². The molecule has 22 heavy (non-hydrogen) atoms. The maximum atomic E-state index is 11.8. The smallest absolute Gasteiger partial charge is 0.315 e. The third kappa shape index (κ3) is 3.13. The second-order valence-electron chi connectivity index (χ2n) is 5.73. The second-order valence-corrected chi connectivity index (χ2v) is 5.73. The Labute approximate surface area is 130 Å². The van der Waals surface area contributed by atoms with Crippen molar-refractivity contribution in [3.05, 3.63) is 46.8 Å². The molecule has 0 aliphatic heterocycles. The van der Waals surface area contributed by atoms with Gasteiger partial charge in [0.25, 0.3) is 0 Å². The lowest BCUT2D eigenvalue weighted by Gasteiger charge is -2.22. The van der Waals surface area contributed by atoms with Crippen molar-refractivity contribution >= 4 is 5.97 Å². The van der Waals surface area contributed by atoms with Crippen molar-refractivity contribution in [1.29, 1.82) is 0 Å². The van der Waals surface area contributed by atoms with Crippen LogP contribution in [0.15, 0.2) is 28.8 Å². The van der Waals surface area contributed by atoms with Crippen LogP contribution in [0.25, 0.3) is 0 Å². The van der Waals surface area contributed by atoms with Crippen LogP contribution in [-0.2, 0) is 21.6 Å². The third-order valence-corrected chi connectivity index (χ3v) is 3.84. The molecule has 0 fully saturated rings. The zero-order valence-electron chi connectivity index (χ0n) is 13.6. The molecule has 0 unspecified atom stereocenters.